The molecule has 0 bridgehead atoms. The summed E-state index contributed by atoms with van der Waals surface area (Å²) < 4.78 is 4.95. The first-order valence-electron chi connectivity index (χ1n) is 7.09. The fraction of sp³-hybridized carbons (Fsp3) is 0.529. The summed E-state index contributed by atoms with van der Waals surface area (Å²) in [5, 5.41) is 3.04. The Balaban J connectivity index is 2.73. The molecule has 0 atom stereocenters. The van der Waals surface area contributed by atoms with Crippen molar-refractivity contribution in [3.8, 4) is 5.75 Å². The van der Waals surface area contributed by atoms with Gasteiger partial charge in [-0.2, -0.15) is 0 Å². The molecule has 0 spiro atoms. The number of hydrogen-bond donors (Lipinski definition) is 1. The molecule has 1 aromatic rings. The average molecular weight is 291 g/mol. The van der Waals surface area contributed by atoms with Crippen molar-refractivity contribution in [3.05, 3.63) is 29.8 Å². The summed E-state index contributed by atoms with van der Waals surface area (Å²) in [6, 6.07) is 6.54. The molecule has 0 fully saturated rings. The van der Waals surface area contributed by atoms with Crippen molar-refractivity contribution < 1.29 is 14.3 Å². The lowest BCUT2D eigenvalue weighted by Gasteiger charge is -2.33. The molecular formula is C17H25NO3. The van der Waals surface area contributed by atoms with Crippen LogP contribution in [-0.2, 0) is 4.79 Å². The highest BCUT2D eigenvalue weighted by molar-refractivity contribution is 5.94. The Hall–Kier alpha value is -1.84. The van der Waals surface area contributed by atoms with Crippen LogP contribution < -0.4 is 10.1 Å². The number of amides is 1. The van der Waals surface area contributed by atoms with E-state index in [-0.39, 0.29) is 22.8 Å². The van der Waals surface area contributed by atoms with Crippen LogP contribution in [0.15, 0.2) is 24.3 Å². The first-order chi connectivity index (χ1) is 9.48. The average Bonchev–Trinajstić information content (AvgIpc) is 2.24. The molecule has 0 aliphatic heterocycles. The third kappa shape index (κ3) is 6.43. The van der Waals surface area contributed by atoms with Gasteiger partial charge in [0.25, 0.3) is 5.91 Å². The molecule has 0 saturated heterocycles. The van der Waals surface area contributed by atoms with Crippen molar-refractivity contribution >= 4 is 11.9 Å². The van der Waals surface area contributed by atoms with Gasteiger partial charge in [-0.05, 0) is 49.9 Å². The zero-order valence-electron chi connectivity index (χ0n) is 13.7. The molecule has 4 nitrogen and oxygen atoms in total. The van der Waals surface area contributed by atoms with Crippen LogP contribution in [0, 0.1) is 5.41 Å². The SMILES string of the molecule is CC(=O)Oc1ccc(C(=O)NC(C)(C)CC(C)(C)C)cc1. The molecule has 0 radical (unpaired) electrons. The zero-order valence-corrected chi connectivity index (χ0v) is 13.7. The van der Waals surface area contributed by atoms with Crippen LogP contribution >= 0.6 is 0 Å². The molecule has 0 aromatic heterocycles. The van der Waals surface area contributed by atoms with E-state index in [2.05, 4.69) is 26.1 Å². The lowest BCUT2D eigenvalue weighted by atomic mass is 9.81. The van der Waals surface area contributed by atoms with Crippen LogP contribution in [0.2, 0.25) is 0 Å². The smallest absolute Gasteiger partial charge is 0.308 e. The van der Waals surface area contributed by atoms with Crippen molar-refractivity contribution in [2.24, 2.45) is 5.41 Å². The van der Waals surface area contributed by atoms with Gasteiger partial charge in [0.1, 0.15) is 5.75 Å². The summed E-state index contributed by atoms with van der Waals surface area (Å²) in [5.74, 6) is -0.0647. The summed E-state index contributed by atoms with van der Waals surface area (Å²) in [7, 11) is 0. The molecule has 1 aromatic carbocycles. The maximum Gasteiger partial charge on any atom is 0.308 e. The minimum atomic E-state index is -0.376. The molecule has 0 aliphatic carbocycles. The highest BCUT2D eigenvalue weighted by Gasteiger charge is 2.27. The van der Waals surface area contributed by atoms with E-state index in [9.17, 15) is 9.59 Å². The number of carbonyl (C=O) groups is 2. The molecular weight excluding hydrogens is 266 g/mol. The van der Waals surface area contributed by atoms with Gasteiger partial charge in [-0.15, -0.1) is 0 Å². The summed E-state index contributed by atoms with van der Waals surface area (Å²) in [6.07, 6.45) is 0.872. The minimum absolute atomic E-state index is 0.126. The molecule has 116 valence electrons. The molecule has 0 aliphatic rings. The van der Waals surface area contributed by atoms with Crippen molar-refractivity contribution in [1.29, 1.82) is 0 Å². The van der Waals surface area contributed by atoms with Crippen molar-refractivity contribution in [3.63, 3.8) is 0 Å². The van der Waals surface area contributed by atoms with Crippen LogP contribution in [-0.4, -0.2) is 17.4 Å². The number of benzene rings is 1. The van der Waals surface area contributed by atoms with Gasteiger partial charge >= 0.3 is 5.97 Å². The maximum absolute atomic E-state index is 12.3. The second-order valence-corrected chi connectivity index (χ2v) is 7.19. The topological polar surface area (TPSA) is 55.4 Å². The predicted octanol–water partition coefficient (Wildman–Crippen LogP) is 3.56. The van der Waals surface area contributed by atoms with Gasteiger partial charge in [0.15, 0.2) is 0 Å². The van der Waals surface area contributed by atoms with Crippen LogP contribution in [0.5, 0.6) is 5.75 Å². The first kappa shape index (κ1) is 17.2. The molecule has 1 amide bonds. The second kappa shape index (κ2) is 6.29. The van der Waals surface area contributed by atoms with E-state index in [0.717, 1.165) is 6.42 Å². The monoisotopic (exact) mass is 291 g/mol. The molecule has 0 unspecified atom stereocenters. The Morgan fingerprint density at radius 2 is 1.57 bits per heavy atom. The number of rotatable bonds is 4. The standard InChI is InChI=1S/C17H25NO3/c1-12(19)21-14-9-7-13(8-10-14)15(20)18-17(5,6)11-16(2,3)4/h7-10H,11H2,1-6H3,(H,18,20). The first-order valence-corrected chi connectivity index (χ1v) is 7.09. The fourth-order valence-electron chi connectivity index (χ4n) is 2.59. The van der Waals surface area contributed by atoms with Crippen molar-refractivity contribution in [2.75, 3.05) is 0 Å². The quantitative estimate of drug-likeness (QED) is 0.681. The fourth-order valence-corrected chi connectivity index (χ4v) is 2.59. The number of ether oxygens (including phenoxy) is 1. The van der Waals surface area contributed by atoms with Crippen molar-refractivity contribution in [2.45, 2.75) is 53.5 Å². The van der Waals surface area contributed by atoms with Gasteiger partial charge in [0.2, 0.25) is 0 Å². The Bertz CT molecular complexity index is 510. The lowest BCUT2D eigenvalue weighted by molar-refractivity contribution is -0.131. The zero-order chi connectivity index (χ0) is 16.3. The van der Waals surface area contributed by atoms with Crippen LogP contribution in [0.25, 0.3) is 0 Å². The van der Waals surface area contributed by atoms with Crippen LogP contribution in [0.1, 0.15) is 58.3 Å². The van der Waals surface area contributed by atoms with Gasteiger partial charge in [0.05, 0.1) is 0 Å². The van der Waals surface area contributed by atoms with Gasteiger partial charge in [-0.3, -0.25) is 9.59 Å². The lowest BCUT2D eigenvalue weighted by Crippen LogP contribution is -2.45. The second-order valence-electron chi connectivity index (χ2n) is 7.19. The summed E-state index contributed by atoms with van der Waals surface area (Å²) in [6.45, 7) is 11.8. The molecule has 1 N–H and O–H groups in total. The highest BCUT2D eigenvalue weighted by Crippen LogP contribution is 2.27. The van der Waals surface area contributed by atoms with E-state index in [0.29, 0.717) is 11.3 Å². The molecule has 4 heteroatoms. The third-order valence-electron chi connectivity index (χ3n) is 2.80. The third-order valence-corrected chi connectivity index (χ3v) is 2.80. The largest absolute Gasteiger partial charge is 0.427 e. The van der Waals surface area contributed by atoms with Gasteiger partial charge in [-0.1, -0.05) is 20.8 Å². The van der Waals surface area contributed by atoms with E-state index in [1.165, 1.54) is 6.92 Å². The van der Waals surface area contributed by atoms with Crippen LogP contribution in [0.4, 0.5) is 0 Å². The van der Waals surface area contributed by atoms with Gasteiger partial charge < -0.3 is 10.1 Å². The number of nitrogens with one attached hydrogen (secondary N) is 1. The van der Waals surface area contributed by atoms with Crippen molar-refractivity contribution in [1.82, 2.24) is 5.32 Å². The summed E-state index contributed by atoms with van der Waals surface area (Å²) >= 11 is 0. The Kier molecular flexibility index (Phi) is 5.15. The maximum atomic E-state index is 12.3. The van der Waals surface area contributed by atoms with Gasteiger partial charge in [-0.25, -0.2) is 0 Å². The molecule has 0 saturated carbocycles. The van der Waals surface area contributed by atoms with E-state index in [1.54, 1.807) is 24.3 Å². The normalized spacial score (nSPS) is 11.9. The Morgan fingerprint density at radius 3 is 2.00 bits per heavy atom. The van der Waals surface area contributed by atoms with E-state index in [1.807, 2.05) is 13.8 Å². The summed E-state index contributed by atoms with van der Waals surface area (Å²) in [5.41, 5.74) is 0.396. The van der Waals surface area contributed by atoms with E-state index >= 15 is 0 Å². The van der Waals surface area contributed by atoms with Gasteiger partial charge in [0, 0.05) is 18.0 Å². The number of esters is 1. The predicted molar refractivity (Wildman–Crippen MR) is 83.4 cm³/mol. The minimum Gasteiger partial charge on any atom is -0.427 e. The molecule has 21 heavy (non-hydrogen) atoms. The number of carbonyl (C=O) groups excluding carboxylic acids is 2. The van der Waals surface area contributed by atoms with E-state index in [4.69, 9.17) is 4.74 Å². The highest BCUT2D eigenvalue weighted by atomic mass is 16.5. The van der Waals surface area contributed by atoms with E-state index < -0.39 is 0 Å². The molecule has 1 rings (SSSR count). The Labute approximate surface area is 126 Å². The summed E-state index contributed by atoms with van der Waals surface area (Å²) in [4.78, 5) is 23.1. The van der Waals surface area contributed by atoms with Crippen LogP contribution in [0.3, 0.4) is 0 Å². The molecule has 0 heterocycles. The number of hydrogen-bond acceptors (Lipinski definition) is 3. The Morgan fingerprint density at radius 1 is 1.05 bits per heavy atom.